The number of anilines is 1. The molecule has 0 aromatic heterocycles. The van der Waals surface area contributed by atoms with Crippen LogP contribution in [0.4, 0.5) is 10.5 Å². The maximum absolute atomic E-state index is 12.8. The molecule has 148 valence electrons. The Bertz CT molecular complexity index is 988. The zero-order chi connectivity index (χ0) is 20.4. The summed E-state index contributed by atoms with van der Waals surface area (Å²) in [6.07, 6.45) is -0.556. The zero-order valence-electron chi connectivity index (χ0n) is 15.5. The SMILES string of the molecule is O=C(OCC1c2ccccc2-c2ccccc21)N(CCO)c1cc(Cl)cc(Cl)c1. The smallest absolute Gasteiger partial charge is 0.414 e. The van der Waals surface area contributed by atoms with Crippen molar-refractivity contribution in [2.75, 3.05) is 24.7 Å². The first-order valence-electron chi connectivity index (χ1n) is 9.28. The summed E-state index contributed by atoms with van der Waals surface area (Å²) >= 11 is 12.1. The summed E-state index contributed by atoms with van der Waals surface area (Å²) in [4.78, 5) is 14.2. The van der Waals surface area contributed by atoms with Gasteiger partial charge in [-0.05, 0) is 40.5 Å². The molecule has 0 saturated heterocycles. The first kappa shape index (κ1) is 19.8. The van der Waals surface area contributed by atoms with Gasteiger partial charge in [0.25, 0.3) is 0 Å². The first-order chi connectivity index (χ1) is 14.1. The fourth-order valence-electron chi connectivity index (χ4n) is 3.79. The zero-order valence-corrected chi connectivity index (χ0v) is 17.0. The predicted octanol–water partition coefficient (Wildman–Crippen LogP) is 5.74. The molecule has 1 N–H and O–H groups in total. The van der Waals surface area contributed by atoms with Gasteiger partial charge in [-0.15, -0.1) is 0 Å². The van der Waals surface area contributed by atoms with Crippen molar-refractivity contribution < 1.29 is 14.6 Å². The van der Waals surface area contributed by atoms with Crippen molar-refractivity contribution >= 4 is 35.0 Å². The quantitative estimate of drug-likeness (QED) is 0.564. The van der Waals surface area contributed by atoms with E-state index in [0.717, 1.165) is 22.3 Å². The lowest BCUT2D eigenvalue weighted by Gasteiger charge is -2.23. The van der Waals surface area contributed by atoms with E-state index >= 15 is 0 Å². The normalized spacial score (nSPS) is 12.4. The van der Waals surface area contributed by atoms with Gasteiger partial charge in [0.1, 0.15) is 6.61 Å². The molecule has 0 radical (unpaired) electrons. The number of carbonyl (C=O) groups is 1. The van der Waals surface area contributed by atoms with Crippen molar-refractivity contribution in [1.82, 2.24) is 0 Å². The molecule has 0 aliphatic heterocycles. The molecule has 1 amide bonds. The van der Waals surface area contributed by atoms with Gasteiger partial charge >= 0.3 is 6.09 Å². The van der Waals surface area contributed by atoms with Gasteiger partial charge in [-0.3, -0.25) is 4.90 Å². The standard InChI is InChI=1S/C23H19Cl2NO3/c24-15-11-16(25)13-17(12-15)26(9-10-27)23(28)29-14-22-20-7-3-1-5-18(20)19-6-2-4-8-21(19)22/h1-8,11-13,22,27H,9-10,14H2. The fourth-order valence-corrected chi connectivity index (χ4v) is 4.31. The molecule has 1 aliphatic rings. The van der Waals surface area contributed by atoms with Gasteiger partial charge < -0.3 is 9.84 Å². The van der Waals surface area contributed by atoms with E-state index in [1.807, 2.05) is 24.3 Å². The molecular formula is C23H19Cl2NO3. The molecule has 0 unspecified atom stereocenters. The number of fused-ring (bicyclic) bond motifs is 3. The molecule has 0 bridgehead atoms. The summed E-state index contributed by atoms with van der Waals surface area (Å²) in [5.74, 6) is -0.0368. The van der Waals surface area contributed by atoms with Gasteiger partial charge in [0.2, 0.25) is 0 Å². The van der Waals surface area contributed by atoms with Crippen LogP contribution in [0.5, 0.6) is 0 Å². The Morgan fingerprint density at radius 3 is 2.03 bits per heavy atom. The molecule has 3 aromatic rings. The number of carbonyl (C=O) groups excluding carboxylic acids is 1. The summed E-state index contributed by atoms with van der Waals surface area (Å²) < 4.78 is 5.68. The molecule has 0 fully saturated rings. The lowest BCUT2D eigenvalue weighted by atomic mass is 9.98. The first-order valence-corrected chi connectivity index (χ1v) is 10.0. The maximum Gasteiger partial charge on any atom is 0.414 e. The number of aliphatic hydroxyl groups excluding tert-OH is 1. The van der Waals surface area contributed by atoms with Crippen LogP contribution in [0.3, 0.4) is 0 Å². The number of benzene rings is 3. The third-order valence-electron chi connectivity index (χ3n) is 5.04. The Morgan fingerprint density at radius 1 is 0.931 bits per heavy atom. The van der Waals surface area contributed by atoms with Crippen LogP contribution in [0.15, 0.2) is 66.7 Å². The van der Waals surface area contributed by atoms with Crippen LogP contribution in [-0.2, 0) is 4.74 Å². The van der Waals surface area contributed by atoms with Gasteiger partial charge in [0.05, 0.1) is 18.8 Å². The highest BCUT2D eigenvalue weighted by atomic mass is 35.5. The largest absolute Gasteiger partial charge is 0.448 e. The Balaban J connectivity index is 1.57. The van der Waals surface area contributed by atoms with Gasteiger partial charge in [0, 0.05) is 16.0 Å². The van der Waals surface area contributed by atoms with Crippen molar-refractivity contribution in [3.05, 3.63) is 87.9 Å². The second kappa shape index (κ2) is 8.46. The van der Waals surface area contributed by atoms with E-state index in [4.69, 9.17) is 27.9 Å². The van der Waals surface area contributed by atoms with E-state index < -0.39 is 6.09 Å². The van der Waals surface area contributed by atoms with E-state index in [1.54, 1.807) is 18.2 Å². The average Bonchev–Trinajstić information content (AvgIpc) is 3.03. The summed E-state index contributed by atoms with van der Waals surface area (Å²) in [6, 6.07) is 21.1. The monoisotopic (exact) mass is 427 g/mol. The number of ether oxygens (including phenoxy) is 1. The van der Waals surface area contributed by atoms with Gasteiger partial charge in [0.15, 0.2) is 0 Å². The maximum atomic E-state index is 12.8. The van der Waals surface area contributed by atoms with Crippen LogP contribution >= 0.6 is 23.2 Å². The van der Waals surface area contributed by atoms with E-state index in [0.29, 0.717) is 15.7 Å². The number of hydrogen-bond donors (Lipinski definition) is 1. The van der Waals surface area contributed by atoms with E-state index in [9.17, 15) is 9.90 Å². The molecule has 3 aromatic carbocycles. The topological polar surface area (TPSA) is 49.8 Å². The number of rotatable bonds is 5. The minimum Gasteiger partial charge on any atom is -0.448 e. The molecule has 0 spiro atoms. The Hall–Kier alpha value is -2.53. The van der Waals surface area contributed by atoms with Gasteiger partial charge in [-0.25, -0.2) is 4.79 Å². The van der Waals surface area contributed by atoms with Crippen molar-refractivity contribution in [1.29, 1.82) is 0 Å². The van der Waals surface area contributed by atoms with Gasteiger partial charge in [-0.2, -0.15) is 0 Å². The second-order valence-electron chi connectivity index (χ2n) is 6.81. The van der Waals surface area contributed by atoms with Crippen LogP contribution in [0, 0.1) is 0 Å². The lowest BCUT2D eigenvalue weighted by Crippen LogP contribution is -2.35. The molecule has 29 heavy (non-hydrogen) atoms. The Kier molecular flexibility index (Phi) is 5.76. The highest BCUT2D eigenvalue weighted by molar-refractivity contribution is 6.35. The average molecular weight is 428 g/mol. The lowest BCUT2D eigenvalue weighted by molar-refractivity contribution is 0.148. The summed E-state index contributed by atoms with van der Waals surface area (Å²) in [7, 11) is 0. The molecule has 4 nitrogen and oxygen atoms in total. The molecule has 0 atom stereocenters. The van der Waals surface area contributed by atoms with Crippen molar-refractivity contribution in [2.24, 2.45) is 0 Å². The highest BCUT2D eigenvalue weighted by Crippen LogP contribution is 2.44. The number of halogens is 2. The number of aliphatic hydroxyl groups is 1. The van der Waals surface area contributed by atoms with Crippen molar-refractivity contribution in [2.45, 2.75) is 5.92 Å². The van der Waals surface area contributed by atoms with Crippen molar-refractivity contribution in [3.63, 3.8) is 0 Å². The summed E-state index contributed by atoms with van der Waals surface area (Å²) in [6.45, 7) is 0.0603. The molecule has 0 saturated carbocycles. The minimum absolute atomic E-state index is 0.0368. The molecule has 0 heterocycles. The van der Waals surface area contributed by atoms with Crippen LogP contribution in [0.2, 0.25) is 10.0 Å². The van der Waals surface area contributed by atoms with E-state index in [-0.39, 0.29) is 25.7 Å². The summed E-state index contributed by atoms with van der Waals surface area (Å²) in [5, 5.41) is 10.2. The molecule has 4 rings (SSSR count). The minimum atomic E-state index is -0.556. The predicted molar refractivity (Wildman–Crippen MR) is 116 cm³/mol. The molecular weight excluding hydrogens is 409 g/mol. The van der Waals surface area contributed by atoms with Crippen LogP contribution in [0.25, 0.3) is 11.1 Å². The van der Waals surface area contributed by atoms with Gasteiger partial charge in [-0.1, -0.05) is 71.7 Å². The highest BCUT2D eigenvalue weighted by Gasteiger charge is 2.30. The fraction of sp³-hybridized carbons (Fsp3) is 0.174. The molecule has 6 heteroatoms. The van der Waals surface area contributed by atoms with Crippen molar-refractivity contribution in [3.8, 4) is 11.1 Å². The second-order valence-corrected chi connectivity index (χ2v) is 7.68. The number of amides is 1. The molecule has 1 aliphatic carbocycles. The number of nitrogens with zero attached hydrogens (tertiary/aromatic N) is 1. The van der Waals surface area contributed by atoms with E-state index in [1.165, 1.54) is 4.90 Å². The third-order valence-corrected chi connectivity index (χ3v) is 5.48. The van der Waals surface area contributed by atoms with E-state index in [2.05, 4.69) is 24.3 Å². The summed E-state index contributed by atoms with van der Waals surface area (Å²) in [5.41, 5.74) is 5.09. The Labute approximate surface area is 179 Å². The van der Waals surface area contributed by atoms with Crippen LogP contribution in [0.1, 0.15) is 17.0 Å². The number of hydrogen-bond acceptors (Lipinski definition) is 3. The third kappa shape index (κ3) is 3.97. The van der Waals surface area contributed by atoms with Crippen LogP contribution < -0.4 is 4.90 Å². The Morgan fingerprint density at radius 2 is 1.48 bits per heavy atom. The van der Waals surface area contributed by atoms with Crippen LogP contribution in [-0.4, -0.2) is 31.0 Å².